The van der Waals surface area contributed by atoms with Gasteiger partial charge < -0.3 is 5.11 Å². The van der Waals surface area contributed by atoms with E-state index in [1.54, 1.807) is 6.20 Å². The molecule has 0 saturated heterocycles. The van der Waals surface area contributed by atoms with Gasteiger partial charge in [0.25, 0.3) is 0 Å². The Morgan fingerprint density at radius 2 is 2.00 bits per heavy atom. The first-order valence-corrected chi connectivity index (χ1v) is 5.21. The van der Waals surface area contributed by atoms with Gasteiger partial charge in [0.2, 0.25) is 0 Å². The van der Waals surface area contributed by atoms with Crippen molar-refractivity contribution in [2.24, 2.45) is 0 Å². The van der Waals surface area contributed by atoms with E-state index in [-0.39, 0.29) is 5.69 Å². The summed E-state index contributed by atoms with van der Waals surface area (Å²) in [6.45, 7) is 3.95. The molecule has 4 nitrogen and oxygen atoms in total. The van der Waals surface area contributed by atoms with Crippen LogP contribution in [0.2, 0.25) is 0 Å². The molecule has 0 aliphatic rings. The molecule has 1 aromatic heterocycles. The smallest absolute Gasteiger partial charge is 0.356 e. The molecule has 0 saturated carbocycles. The van der Waals surface area contributed by atoms with Crippen molar-refractivity contribution in [2.45, 2.75) is 13.8 Å². The van der Waals surface area contributed by atoms with E-state index < -0.39 is 5.97 Å². The third-order valence-corrected chi connectivity index (χ3v) is 2.52. The number of hydrogen-bond donors (Lipinski definition) is 1. The summed E-state index contributed by atoms with van der Waals surface area (Å²) in [5, 5.41) is 8.88. The molecule has 17 heavy (non-hydrogen) atoms. The van der Waals surface area contributed by atoms with Crippen LogP contribution in [0.3, 0.4) is 0 Å². The number of aromatic carboxylic acids is 1. The highest BCUT2D eigenvalue weighted by Gasteiger charge is 2.09. The van der Waals surface area contributed by atoms with Gasteiger partial charge in [0, 0.05) is 5.56 Å². The normalized spacial score (nSPS) is 10.2. The maximum atomic E-state index is 10.8. The van der Waals surface area contributed by atoms with Gasteiger partial charge in [-0.05, 0) is 25.5 Å². The van der Waals surface area contributed by atoms with Crippen molar-refractivity contribution in [3.63, 3.8) is 0 Å². The van der Waals surface area contributed by atoms with Crippen LogP contribution in [0.1, 0.15) is 21.6 Å². The molecule has 0 fully saturated rings. The average molecular weight is 228 g/mol. The molecule has 1 heterocycles. The zero-order valence-corrected chi connectivity index (χ0v) is 9.64. The van der Waals surface area contributed by atoms with E-state index in [2.05, 4.69) is 9.97 Å². The summed E-state index contributed by atoms with van der Waals surface area (Å²) >= 11 is 0. The highest BCUT2D eigenvalue weighted by Crippen LogP contribution is 2.22. The Bertz CT molecular complexity index is 579. The molecular formula is C13H12N2O2. The van der Waals surface area contributed by atoms with E-state index in [4.69, 9.17) is 5.11 Å². The average Bonchev–Trinajstić information content (AvgIpc) is 2.32. The van der Waals surface area contributed by atoms with Gasteiger partial charge >= 0.3 is 5.97 Å². The zero-order chi connectivity index (χ0) is 12.4. The molecule has 0 bridgehead atoms. The lowest BCUT2D eigenvalue weighted by atomic mass is 10.0. The predicted molar refractivity (Wildman–Crippen MR) is 63.9 cm³/mol. The Morgan fingerprint density at radius 3 is 2.71 bits per heavy atom. The first-order valence-electron chi connectivity index (χ1n) is 5.21. The second kappa shape index (κ2) is 4.33. The summed E-state index contributed by atoms with van der Waals surface area (Å²) in [7, 11) is 0. The Labute approximate surface area is 99.0 Å². The van der Waals surface area contributed by atoms with Crippen molar-refractivity contribution in [1.29, 1.82) is 0 Å². The van der Waals surface area contributed by atoms with Gasteiger partial charge in [-0.1, -0.05) is 17.7 Å². The van der Waals surface area contributed by atoms with Crippen molar-refractivity contribution in [2.75, 3.05) is 0 Å². The third-order valence-electron chi connectivity index (χ3n) is 2.52. The van der Waals surface area contributed by atoms with Gasteiger partial charge in [-0.2, -0.15) is 0 Å². The summed E-state index contributed by atoms with van der Waals surface area (Å²) in [6, 6.07) is 5.97. The molecule has 0 amide bonds. The van der Waals surface area contributed by atoms with Gasteiger partial charge in [0.15, 0.2) is 5.69 Å². The van der Waals surface area contributed by atoms with Crippen LogP contribution in [-0.2, 0) is 0 Å². The molecule has 0 aliphatic heterocycles. The van der Waals surface area contributed by atoms with Gasteiger partial charge in [-0.3, -0.25) is 4.98 Å². The van der Waals surface area contributed by atoms with Crippen LogP contribution in [0.25, 0.3) is 11.3 Å². The van der Waals surface area contributed by atoms with E-state index in [9.17, 15) is 4.79 Å². The van der Waals surface area contributed by atoms with Crippen LogP contribution in [0, 0.1) is 13.8 Å². The molecule has 0 unspecified atom stereocenters. The largest absolute Gasteiger partial charge is 0.476 e. The van der Waals surface area contributed by atoms with E-state index in [0.29, 0.717) is 5.69 Å². The minimum Gasteiger partial charge on any atom is -0.476 e. The van der Waals surface area contributed by atoms with Gasteiger partial charge in [-0.15, -0.1) is 0 Å². The third kappa shape index (κ3) is 2.30. The van der Waals surface area contributed by atoms with Crippen molar-refractivity contribution >= 4 is 5.97 Å². The standard InChI is InChI=1S/C13H12N2O2/c1-8-3-4-9(2)10(5-8)11-6-14-7-12(15-11)13(16)17/h3-7H,1-2H3,(H,16,17). The highest BCUT2D eigenvalue weighted by atomic mass is 16.4. The lowest BCUT2D eigenvalue weighted by Crippen LogP contribution is -2.02. The monoisotopic (exact) mass is 228 g/mol. The molecule has 4 heteroatoms. The first kappa shape index (κ1) is 11.3. The summed E-state index contributed by atoms with van der Waals surface area (Å²) in [5.74, 6) is -1.07. The Balaban J connectivity index is 2.56. The summed E-state index contributed by atoms with van der Waals surface area (Å²) < 4.78 is 0. The molecule has 0 spiro atoms. The first-order chi connectivity index (χ1) is 8.08. The second-order valence-electron chi connectivity index (χ2n) is 3.91. The summed E-state index contributed by atoms with van der Waals surface area (Å²) in [5.41, 5.74) is 3.62. The number of rotatable bonds is 2. The van der Waals surface area contributed by atoms with Crippen LogP contribution in [-0.4, -0.2) is 21.0 Å². The maximum absolute atomic E-state index is 10.8. The molecule has 2 aromatic rings. The summed E-state index contributed by atoms with van der Waals surface area (Å²) in [4.78, 5) is 18.8. The van der Waals surface area contributed by atoms with Gasteiger partial charge in [-0.25, -0.2) is 9.78 Å². The van der Waals surface area contributed by atoms with Crippen molar-refractivity contribution < 1.29 is 9.90 Å². The quantitative estimate of drug-likeness (QED) is 0.857. The van der Waals surface area contributed by atoms with Gasteiger partial charge in [0.1, 0.15) is 0 Å². The molecule has 0 aliphatic carbocycles. The van der Waals surface area contributed by atoms with Crippen LogP contribution < -0.4 is 0 Å². The van der Waals surface area contributed by atoms with E-state index in [1.807, 2.05) is 32.0 Å². The highest BCUT2D eigenvalue weighted by molar-refractivity contribution is 5.85. The van der Waals surface area contributed by atoms with E-state index in [0.717, 1.165) is 16.7 Å². The number of aromatic nitrogens is 2. The van der Waals surface area contributed by atoms with E-state index >= 15 is 0 Å². The van der Waals surface area contributed by atoms with Crippen LogP contribution in [0.5, 0.6) is 0 Å². The molecule has 2 rings (SSSR count). The Morgan fingerprint density at radius 1 is 1.24 bits per heavy atom. The molecule has 0 atom stereocenters. The van der Waals surface area contributed by atoms with Crippen molar-refractivity contribution in [1.82, 2.24) is 9.97 Å². The fourth-order valence-electron chi connectivity index (χ4n) is 1.61. The number of aryl methyl sites for hydroxylation is 2. The SMILES string of the molecule is Cc1ccc(C)c(-c2cncc(C(=O)O)n2)c1. The fourth-order valence-corrected chi connectivity index (χ4v) is 1.61. The van der Waals surface area contributed by atoms with Gasteiger partial charge in [0.05, 0.1) is 18.1 Å². The van der Waals surface area contributed by atoms with Crippen LogP contribution in [0.15, 0.2) is 30.6 Å². The van der Waals surface area contributed by atoms with Crippen molar-refractivity contribution in [3.8, 4) is 11.3 Å². The topological polar surface area (TPSA) is 63.1 Å². The molecule has 86 valence electrons. The molecule has 1 N–H and O–H groups in total. The van der Waals surface area contributed by atoms with Crippen LogP contribution in [0.4, 0.5) is 0 Å². The Kier molecular flexibility index (Phi) is 2.87. The molecule has 1 aromatic carbocycles. The predicted octanol–water partition coefficient (Wildman–Crippen LogP) is 2.46. The molecule has 0 radical (unpaired) electrons. The Hall–Kier alpha value is -2.23. The fraction of sp³-hybridized carbons (Fsp3) is 0.154. The number of carbonyl (C=O) groups is 1. The lowest BCUT2D eigenvalue weighted by Gasteiger charge is -2.06. The lowest BCUT2D eigenvalue weighted by molar-refractivity contribution is 0.0690. The second-order valence-corrected chi connectivity index (χ2v) is 3.91. The summed E-state index contributed by atoms with van der Waals surface area (Å²) in [6.07, 6.45) is 2.82. The molecular weight excluding hydrogens is 216 g/mol. The number of carboxylic acids is 1. The number of nitrogens with zero attached hydrogens (tertiary/aromatic N) is 2. The zero-order valence-electron chi connectivity index (χ0n) is 9.64. The van der Waals surface area contributed by atoms with E-state index in [1.165, 1.54) is 6.20 Å². The maximum Gasteiger partial charge on any atom is 0.356 e. The van der Waals surface area contributed by atoms with Crippen LogP contribution >= 0.6 is 0 Å². The van der Waals surface area contributed by atoms with Crippen molar-refractivity contribution in [3.05, 3.63) is 47.4 Å². The number of hydrogen-bond acceptors (Lipinski definition) is 3. The minimum absolute atomic E-state index is 0.0385. The number of carboxylic acid groups (broad SMARTS) is 1. The number of benzene rings is 1. The minimum atomic E-state index is -1.07.